The minimum atomic E-state index is -4.02. The highest BCUT2D eigenvalue weighted by atomic mass is 32.2. The molecule has 1 aromatic carbocycles. The highest BCUT2D eigenvalue weighted by Crippen LogP contribution is 2.29. The fraction of sp³-hybridized carbons (Fsp3) is 0.571. The van der Waals surface area contributed by atoms with E-state index < -0.39 is 10.1 Å². The summed E-state index contributed by atoms with van der Waals surface area (Å²) >= 11 is 0. The van der Waals surface area contributed by atoms with Crippen LogP contribution in [0.2, 0.25) is 0 Å². The van der Waals surface area contributed by atoms with Crippen molar-refractivity contribution < 1.29 is 22.4 Å². The van der Waals surface area contributed by atoms with E-state index in [4.69, 9.17) is 14.0 Å². The Balaban J connectivity index is 0.000000154. The summed E-state index contributed by atoms with van der Waals surface area (Å²) in [6.45, 7) is 7.65. The van der Waals surface area contributed by atoms with E-state index in [1.165, 1.54) is 12.1 Å². The lowest BCUT2D eigenvalue weighted by Crippen LogP contribution is -2.26. The Labute approximate surface area is 125 Å². The molecule has 6 nitrogen and oxygen atoms in total. The predicted molar refractivity (Wildman–Crippen MR) is 77.7 cm³/mol. The SMILES string of the molecule is CC1(C)O[C@H]2CNC[C@H]2O1.Cc1ccc(S(=O)(=O)O)cc1. The number of rotatable bonds is 1. The van der Waals surface area contributed by atoms with Gasteiger partial charge in [0.15, 0.2) is 5.79 Å². The minimum absolute atomic E-state index is 0.0666. The second-order valence-electron chi connectivity index (χ2n) is 5.66. The van der Waals surface area contributed by atoms with Crippen molar-refractivity contribution in [2.24, 2.45) is 0 Å². The summed E-state index contributed by atoms with van der Waals surface area (Å²) in [5.41, 5.74) is 0.956. The average molecular weight is 315 g/mol. The third-order valence-corrected chi connectivity index (χ3v) is 4.16. The van der Waals surface area contributed by atoms with Gasteiger partial charge in [0.2, 0.25) is 0 Å². The lowest BCUT2D eigenvalue weighted by molar-refractivity contribution is -0.149. The third-order valence-electron chi connectivity index (χ3n) is 3.29. The first-order chi connectivity index (χ1) is 9.67. The second-order valence-corrected chi connectivity index (χ2v) is 7.08. The fourth-order valence-corrected chi connectivity index (χ4v) is 2.81. The summed E-state index contributed by atoms with van der Waals surface area (Å²) in [4.78, 5) is -0.0666. The Hall–Kier alpha value is -0.990. The van der Waals surface area contributed by atoms with Crippen molar-refractivity contribution in [1.82, 2.24) is 5.32 Å². The van der Waals surface area contributed by atoms with Crippen LogP contribution in [0.3, 0.4) is 0 Å². The van der Waals surface area contributed by atoms with E-state index >= 15 is 0 Å². The van der Waals surface area contributed by atoms with Crippen LogP contribution in [0.5, 0.6) is 0 Å². The van der Waals surface area contributed by atoms with Crippen molar-refractivity contribution in [3.8, 4) is 0 Å². The van der Waals surface area contributed by atoms with Crippen LogP contribution < -0.4 is 5.32 Å². The Morgan fingerprint density at radius 2 is 1.62 bits per heavy atom. The van der Waals surface area contributed by atoms with Crippen LogP contribution in [0, 0.1) is 6.92 Å². The number of fused-ring (bicyclic) bond motifs is 1. The molecular formula is C14H21NO5S. The molecule has 2 aliphatic heterocycles. The zero-order valence-electron chi connectivity index (χ0n) is 12.4. The highest BCUT2D eigenvalue weighted by molar-refractivity contribution is 7.85. The quantitative estimate of drug-likeness (QED) is 0.761. The number of benzene rings is 1. The van der Waals surface area contributed by atoms with Gasteiger partial charge in [-0.05, 0) is 32.9 Å². The van der Waals surface area contributed by atoms with Crippen LogP contribution in [-0.2, 0) is 19.6 Å². The van der Waals surface area contributed by atoms with Gasteiger partial charge in [-0.3, -0.25) is 4.55 Å². The van der Waals surface area contributed by atoms with E-state index in [2.05, 4.69) is 5.32 Å². The lowest BCUT2D eigenvalue weighted by Gasteiger charge is -2.17. The van der Waals surface area contributed by atoms with Crippen LogP contribution in [0.15, 0.2) is 29.2 Å². The normalized spacial score (nSPS) is 26.9. The lowest BCUT2D eigenvalue weighted by atomic mass is 10.2. The van der Waals surface area contributed by atoms with E-state index in [1.54, 1.807) is 12.1 Å². The molecule has 2 fully saturated rings. The molecule has 0 aliphatic carbocycles. The Morgan fingerprint density at radius 1 is 1.14 bits per heavy atom. The van der Waals surface area contributed by atoms with Crippen molar-refractivity contribution in [1.29, 1.82) is 0 Å². The summed E-state index contributed by atoms with van der Waals surface area (Å²) < 4.78 is 40.7. The molecule has 0 saturated carbocycles. The first-order valence-electron chi connectivity index (χ1n) is 6.78. The predicted octanol–water partition coefficient (Wildman–Crippen LogP) is 1.35. The molecule has 2 N–H and O–H groups in total. The molecule has 2 aliphatic rings. The summed E-state index contributed by atoms with van der Waals surface area (Å²) in [5.74, 6) is -0.350. The molecule has 118 valence electrons. The summed E-state index contributed by atoms with van der Waals surface area (Å²) in [6.07, 6.45) is 0.574. The Bertz CT molecular complexity index is 568. The molecule has 21 heavy (non-hydrogen) atoms. The third kappa shape index (κ3) is 4.49. The van der Waals surface area contributed by atoms with Gasteiger partial charge in [-0.1, -0.05) is 17.7 Å². The van der Waals surface area contributed by atoms with Crippen molar-refractivity contribution in [2.45, 2.75) is 43.7 Å². The fourth-order valence-electron chi connectivity index (χ4n) is 2.33. The Morgan fingerprint density at radius 3 is 2.05 bits per heavy atom. The van der Waals surface area contributed by atoms with E-state index in [0.717, 1.165) is 18.7 Å². The average Bonchev–Trinajstić information content (AvgIpc) is 2.85. The smallest absolute Gasteiger partial charge is 0.294 e. The van der Waals surface area contributed by atoms with Crippen molar-refractivity contribution in [3.63, 3.8) is 0 Å². The highest BCUT2D eigenvalue weighted by Gasteiger charge is 2.43. The second kappa shape index (κ2) is 6.02. The van der Waals surface area contributed by atoms with Crippen molar-refractivity contribution in [2.75, 3.05) is 13.1 Å². The van der Waals surface area contributed by atoms with Crippen molar-refractivity contribution >= 4 is 10.1 Å². The molecule has 0 bridgehead atoms. The molecule has 3 rings (SSSR count). The molecule has 1 aromatic rings. The van der Waals surface area contributed by atoms with Crippen molar-refractivity contribution in [3.05, 3.63) is 29.8 Å². The molecule has 0 unspecified atom stereocenters. The van der Waals surface area contributed by atoms with Crippen LogP contribution in [-0.4, -0.2) is 44.1 Å². The molecule has 0 amide bonds. The van der Waals surface area contributed by atoms with E-state index in [-0.39, 0.29) is 22.9 Å². The zero-order chi connectivity index (χ0) is 15.7. The molecule has 0 aromatic heterocycles. The summed E-state index contributed by atoms with van der Waals surface area (Å²) in [5, 5.41) is 3.21. The van der Waals surface area contributed by atoms with Gasteiger partial charge in [0, 0.05) is 13.1 Å². The van der Waals surface area contributed by atoms with Gasteiger partial charge in [-0.25, -0.2) is 0 Å². The first-order valence-corrected chi connectivity index (χ1v) is 8.22. The van der Waals surface area contributed by atoms with Gasteiger partial charge in [0.25, 0.3) is 10.1 Å². The van der Waals surface area contributed by atoms with Crippen LogP contribution in [0.4, 0.5) is 0 Å². The Kier molecular flexibility index (Phi) is 4.69. The monoisotopic (exact) mass is 315 g/mol. The first kappa shape index (κ1) is 16.4. The van der Waals surface area contributed by atoms with Crippen LogP contribution >= 0.6 is 0 Å². The van der Waals surface area contributed by atoms with Gasteiger partial charge in [-0.2, -0.15) is 8.42 Å². The van der Waals surface area contributed by atoms with Crippen LogP contribution in [0.25, 0.3) is 0 Å². The molecule has 2 heterocycles. The maximum Gasteiger partial charge on any atom is 0.294 e. The molecule has 2 saturated heterocycles. The van der Waals surface area contributed by atoms with Gasteiger partial charge < -0.3 is 14.8 Å². The largest absolute Gasteiger partial charge is 0.343 e. The maximum absolute atomic E-state index is 10.5. The van der Waals surface area contributed by atoms with E-state index in [1.807, 2.05) is 20.8 Å². The van der Waals surface area contributed by atoms with Gasteiger partial charge in [0.05, 0.1) is 4.90 Å². The van der Waals surface area contributed by atoms with Gasteiger partial charge >= 0.3 is 0 Å². The number of hydrogen-bond acceptors (Lipinski definition) is 5. The molecule has 0 spiro atoms. The number of ether oxygens (including phenoxy) is 2. The van der Waals surface area contributed by atoms with Crippen LogP contribution in [0.1, 0.15) is 19.4 Å². The number of aryl methyl sites for hydroxylation is 1. The molecule has 2 atom stereocenters. The zero-order valence-corrected chi connectivity index (χ0v) is 13.2. The van der Waals surface area contributed by atoms with Gasteiger partial charge in [-0.15, -0.1) is 0 Å². The maximum atomic E-state index is 10.5. The molecule has 0 radical (unpaired) electrons. The van der Waals surface area contributed by atoms with Gasteiger partial charge in [0.1, 0.15) is 12.2 Å². The minimum Gasteiger partial charge on any atom is -0.343 e. The standard InChI is InChI=1S/C7H13NO2.C7H8O3S/c1-7(2)9-5-3-8-4-6(5)10-7;1-6-2-4-7(5-3-6)11(8,9)10/h5-6,8H,3-4H2,1-2H3;2-5H,1H3,(H,8,9,10)/t5-,6+;. The summed E-state index contributed by atoms with van der Waals surface area (Å²) in [7, 11) is -4.02. The van der Waals surface area contributed by atoms with E-state index in [9.17, 15) is 8.42 Å². The number of hydrogen-bond donors (Lipinski definition) is 2. The molecular weight excluding hydrogens is 294 g/mol. The summed E-state index contributed by atoms with van der Waals surface area (Å²) in [6, 6.07) is 5.99. The molecule has 7 heteroatoms. The van der Waals surface area contributed by atoms with E-state index in [0.29, 0.717) is 0 Å². The number of nitrogens with one attached hydrogen (secondary N) is 1. The topological polar surface area (TPSA) is 84.9 Å².